The molecular weight excluding hydrogens is 471 g/mol. The molecule has 0 radical (unpaired) electrons. The average molecular weight is 493 g/mol. The summed E-state index contributed by atoms with van der Waals surface area (Å²) in [7, 11) is 1.55. The second-order valence-electron chi connectivity index (χ2n) is 7.91. The van der Waals surface area contributed by atoms with Gasteiger partial charge >= 0.3 is 6.18 Å². The molecule has 2 amide bonds. The first-order chi connectivity index (χ1) is 17.2. The summed E-state index contributed by atoms with van der Waals surface area (Å²) in [6.45, 7) is -0.0305. The molecule has 184 valence electrons. The number of fused-ring (bicyclic) bond motifs is 1. The van der Waals surface area contributed by atoms with Crippen LogP contribution in [0.4, 0.5) is 13.2 Å². The summed E-state index contributed by atoms with van der Waals surface area (Å²) < 4.78 is 43.7. The molecule has 0 bridgehead atoms. The summed E-state index contributed by atoms with van der Waals surface area (Å²) in [4.78, 5) is 29.0. The van der Waals surface area contributed by atoms with E-state index in [0.717, 1.165) is 23.0 Å². The molecule has 4 aromatic rings. The molecule has 36 heavy (non-hydrogen) atoms. The Bertz CT molecular complexity index is 1410. The van der Waals surface area contributed by atoms with Gasteiger partial charge in [0.1, 0.15) is 11.4 Å². The molecule has 6 nitrogen and oxygen atoms in total. The smallest absolute Gasteiger partial charge is 0.416 e. The Morgan fingerprint density at radius 1 is 1.00 bits per heavy atom. The lowest BCUT2D eigenvalue weighted by Gasteiger charge is -2.12. The van der Waals surface area contributed by atoms with Gasteiger partial charge in [-0.15, -0.1) is 0 Å². The minimum atomic E-state index is -4.44. The average Bonchev–Trinajstić information content (AvgIpc) is 3.28. The van der Waals surface area contributed by atoms with Gasteiger partial charge in [0.25, 0.3) is 11.8 Å². The second kappa shape index (κ2) is 10.4. The molecule has 1 heterocycles. The van der Waals surface area contributed by atoms with Crippen LogP contribution in [0.2, 0.25) is 0 Å². The number of halogens is 3. The fourth-order valence-corrected chi connectivity index (χ4v) is 3.55. The number of benzene rings is 3. The van der Waals surface area contributed by atoms with E-state index in [1.54, 1.807) is 55.8 Å². The Kier molecular flexibility index (Phi) is 7.10. The van der Waals surface area contributed by atoms with Crippen LogP contribution >= 0.6 is 0 Å². The molecular formula is C27H22F3N3O3. The highest BCUT2D eigenvalue weighted by molar-refractivity contribution is 6.06. The van der Waals surface area contributed by atoms with Crippen LogP contribution in [0.1, 0.15) is 27.0 Å². The van der Waals surface area contributed by atoms with Gasteiger partial charge in [0.15, 0.2) is 0 Å². The van der Waals surface area contributed by atoms with Crippen LogP contribution in [0.25, 0.3) is 17.0 Å². The van der Waals surface area contributed by atoms with E-state index in [0.29, 0.717) is 22.4 Å². The van der Waals surface area contributed by atoms with Crippen molar-refractivity contribution in [1.82, 2.24) is 15.6 Å². The highest BCUT2D eigenvalue weighted by Gasteiger charge is 2.29. The molecule has 3 aromatic carbocycles. The summed E-state index contributed by atoms with van der Waals surface area (Å²) >= 11 is 0. The molecule has 0 spiro atoms. The molecule has 9 heteroatoms. The van der Waals surface area contributed by atoms with Crippen molar-refractivity contribution in [2.45, 2.75) is 12.7 Å². The summed E-state index contributed by atoms with van der Waals surface area (Å²) in [6, 6.07) is 18.3. The van der Waals surface area contributed by atoms with Crippen LogP contribution in [0, 0.1) is 0 Å². The topological polar surface area (TPSA) is 83.2 Å². The molecule has 0 saturated heterocycles. The SMILES string of the molecule is COc1ccc2[nH]cc(C=C(NC(=O)c3ccccc3)C(=O)NCc3ccc(C(F)(F)F)cc3)c2c1. The molecule has 0 aliphatic carbocycles. The Morgan fingerprint density at radius 3 is 2.39 bits per heavy atom. The van der Waals surface area contributed by atoms with E-state index >= 15 is 0 Å². The molecule has 0 aliphatic heterocycles. The van der Waals surface area contributed by atoms with Gasteiger partial charge in [0.05, 0.1) is 12.7 Å². The van der Waals surface area contributed by atoms with Crippen LogP contribution < -0.4 is 15.4 Å². The van der Waals surface area contributed by atoms with E-state index in [1.807, 2.05) is 6.07 Å². The lowest BCUT2D eigenvalue weighted by Crippen LogP contribution is -2.34. The normalized spacial score (nSPS) is 11.8. The van der Waals surface area contributed by atoms with Crippen LogP contribution in [-0.4, -0.2) is 23.9 Å². The van der Waals surface area contributed by atoms with Gasteiger partial charge in [-0.2, -0.15) is 13.2 Å². The van der Waals surface area contributed by atoms with Crippen LogP contribution in [0.3, 0.4) is 0 Å². The zero-order valence-corrected chi connectivity index (χ0v) is 19.1. The van der Waals surface area contributed by atoms with Crippen molar-refractivity contribution in [2.75, 3.05) is 7.11 Å². The third kappa shape index (κ3) is 5.75. The van der Waals surface area contributed by atoms with E-state index in [-0.39, 0.29) is 12.2 Å². The van der Waals surface area contributed by atoms with E-state index in [4.69, 9.17) is 4.74 Å². The number of aromatic nitrogens is 1. The standard InChI is InChI=1S/C27H22F3N3O3/c1-36-21-11-12-23-22(14-21)19(16-31-23)13-24(33-25(34)18-5-3-2-4-6-18)26(35)32-15-17-7-9-20(10-8-17)27(28,29)30/h2-14,16,31H,15H2,1H3,(H,32,35)(H,33,34). The number of carbonyl (C=O) groups excluding carboxylic acids is 2. The van der Waals surface area contributed by atoms with Crippen molar-refractivity contribution in [3.8, 4) is 5.75 Å². The minimum absolute atomic E-state index is 0.0283. The molecule has 1 aromatic heterocycles. The molecule has 0 saturated carbocycles. The number of nitrogens with one attached hydrogen (secondary N) is 3. The van der Waals surface area contributed by atoms with Gasteiger partial charge in [-0.3, -0.25) is 9.59 Å². The maximum atomic E-state index is 13.1. The zero-order valence-electron chi connectivity index (χ0n) is 19.1. The predicted octanol–water partition coefficient (Wildman–Crippen LogP) is 5.28. The van der Waals surface area contributed by atoms with Gasteiger partial charge in [0.2, 0.25) is 0 Å². The van der Waals surface area contributed by atoms with Gasteiger partial charge in [-0.05, 0) is 54.1 Å². The van der Waals surface area contributed by atoms with Gasteiger partial charge in [-0.25, -0.2) is 0 Å². The van der Waals surface area contributed by atoms with E-state index in [9.17, 15) is 22.8 Å². The van der Waals surface area contributed by atoms with E-state index in [1.165, 1.54) is 18.2 Å². The van der Waals surface area contributed by atoms with E-state index in [2.05, 4.69) is 15.6 Å². The van der Waals surface area contributed by atoms with Crippen molar-refractivity contribution in [1.29, 1.82) is 0 Å². The third-order valence-corrected chi connectivity index (χ3v) is 5.48. The first kappa shape index (κ1) is 24.6. The van der Waals surface area contributed by atoms with Crippen molar-refractivity contribution < 1.29 is 27.5 Å². The van der Waals surface area contributed by atoms with Crippen LogP contribution in [0.5, 0.6) is 5.75 Å². The number of methoxy groups -OCH3 is 1. The lowest BCUT2D eigenvalue weighted by atomic mass is 10.1. The molecule has 3 N–H and O–H groups in total. The Balaban J connectivity index is 1.60. The monoisotopic (exact) mass is 493 g/mol. The number of rotatable bonds is 7. The first-order valence-electron chi connectivity index (χ1n) is 10.9. The molecule has 0 aliphatic rings. The largest absolute Gasteiger partial charge is 0.497 e. The summed E-state index contributed by atoms with van der Waals surface area (Å²) in [5, 5.41) is 6.08. The number of hydrogen-bond acceptors (Lipinski definition) is 3. The zero-order chi connectivity index (χ0) is 25.7. The van der Waals surface area contributed by atoms with Crippen LogP contribution in [-0.2, 0) is 17.5 Å². The third-order valence-electron chi connectivity index (χ3n) is 5.48. The summed E-state index contributed by atoms with van der Waals surface area (Å²) in [5.74, 6) is -0.459. The number of alkyl halides is 3. The Labute approximate surface area is 204 Å². The van der Waals surface area contributed by atoms with Crippen molar-refractivity contribution >= 4 is 28.8 Å². The lowest BCUT2D eigenvalue weighted by molar-refractivity contribution is -0.137. The predicted molar refractivity (Wildman–Crippen MR) is 130 cm³/mol. The molecule has 4 rings (SSSR count). The number of hydrogen-bond donors (Lipinski definition) is 3. The second-order valence-corrected chi connectivity index (χ2v) is 7.91. The van der Waals surface area contributed by atoms with Gasteiger partial charge < -0.3 is 20.4 Å². The molecule has 0 unspecified atom stereocenters. The fourth-order valence-electron chi connectivity index (χ4n) is 3.55. The molecule has 0 atom stereocenters. The first-order valence-corrected chi connectivity index (χ1v) is 10.9. The summed E-state index contributed by atoms with van der Waals surface area (Å²) in [6.07, 6.45) is -1.22. The number of amides is 2. The maximum absolute atomic E-state index is 13.1. The number of aromatic amines is 1. The minimum Gasteiger partial charge on any atom is -0.497 e. The summed E-state index contributed by atoms with van der Waals surface area (Å²) in [5.41, 5.74) is 1.47. The van der Waals surface area contributed by atoms with Gasteiger partial charge in [0, 0.05) is 34.8 Å². The quantitative estimate of drug-likeness (QED) is 0.306. The fraction of sp³-hybridized carbons (Fsp3) is 0.111. The number of ether oxygens (including phenoxy) is 1. The Morgan fingerprint density at radius 2 is 1.72 bits per heavy atom. The number of H-pyrrole nitrogens is 1. The van der Waals surface area contributed by atoms with Gasteiger partial charge in [-0.1, -0.05) is 30.3 Å². The van der Waals surface area contributed by atoms with Crippen molar-refractivity contribution in [3.05, 3.63) is 107 Å². The highest BCUT2D eigenvalue weighted by atomic mass is 19.4. The van der Waals surface area contributed by atoms with Crippen molar-refractivity contribution in [2.24, 2.45) is 0 Å². The number of carbonyl (C=O) groups is 2. The molecule has 0 fully saturated rings. The van der Waals surface area contributed by atoms with Crippen LogP contribution in [0.15, 0.2) is 84.7 Å². The van der Waals surface area contributed by atoms with Crippen molar-refractivity contribution in [3.63, 3.8) is 0 Å². The van der Waals surface area contributed by atoms with E-state index < -0.39 is 23.6 Å². The maximum Gasteiger partial charge on any atom is 0.416 e. The Hall–Kier alpha value is -4.53. The highest BCUT2D eigenvalue weighted by Crippen LogP contribution is 2.29.